The topological polar surface area (TPSA) is 43.4 Å². The van der Waals surface area contributed by atoms with Gasteiger partial charge in [0.25, 0.3) is 0 Å². The van der Waals surface area contributed by atoms with Gasteiger partial charge in [-0.2, -0.15) is 0 Å². The summed E-state index contributed by atoms with van der Waals surface area (Å²) in [5.74, 6) is -0.0213. The second-order valence-electron chi connectivity index (χ2n) is 8.57. The maximum atomic E-state index is 14.6. The van der Waals surface area contributed by atoms with Crippen molar-refractivity contribution in [1.29, 1.82) is 0 Å². The molecule has 148 valence electrons. The minimum atomic E-state index is -2.94. The van der Waals surface area contributed by atoms with Crippen LogP contribution in [0.4, 0.5) is 0 Å². The van der Waals surface area contributed by atoms with Gasteiger partial charge in [0.05, 0.1) is 15.2 Å². The highest BCUT2D eigenvalue weighted by atomic mass is 31.2. The number of benzene rings is 2. The Morgan fingerprint density at radius 1 is 1.00 bits per heavy atom. The molecule has 0 spiro atoms. The summed E-state index contributed by atoms with van der Waals surface area (Å²) in [6, 6.07) is 19.5. The predicted octanol–water partition coefficient (Wildman–Crippen LogP) is 5.18. The van der Waals surface area contributed by atoms with Crippen LogP contribution in [0.3, 0.4) is 0 Å². The van der Waals surface area contributed by atoms with Gasteiger partial charge in [0.1, 0.15) is 0 Å². The molecule has 3 rings (SSSR count). The maximum absolute atomic E-state index is 14.6. The molecule has 0 N–H and O–H groups in total. The Hall–Kier alpha value is -1.90. The van der Waals surface area contributed by atoms with Gasteiger partial charge in [0.15, 0.2) is 7.14 Å². The van der Waals surface area contributed by atoms with Crippen molar-refractivity contribution in [3.05, 3.63) is 72.1 Å². The molecule has 0 radical (unpaired) electrons. The Kier molecular flexibility index (Phi) is 6.11. The molecule has 1 aliphatic carbocycles. The first kappa shape index (κ1) is 20.8. The lowest BCUT2D eigenvalue weighted by Crippen LogP contribution is -2.31. The number of rotatable bonds is 6. The molecule has 0 aliphatic heterocycles. The second kappa shape index (κ2) is 8.22. The molecule has 0 unspecified atom stereocenters. The summed E-state index contributed by atoms with van der Waals surface area (Å²) >= 11 is 0. The van der Waals surface area contributed by atoms with E-state index in [9.17, 15) is 9.36 Å². The van der Waals surface area contributed by atoms with Crippen LogP contribution in [0.5, 0.6) is 0 Å². The Balaban J connectivity index is 2.11. The number of hydrogen-bond acceptors (Lipinski definition) is 3. The lowest BCUT2D eigenvalue weighted by Gasteiger charge is -2.29. The van der Waals surface area contributed by atoms with Crippen LogP contribution in [-0.4, -0.2) is 21.2 Å². The third-order valence-electron chi connectivity index (χ3n) is 5.65. The summed E-state index contributed by atoms with van der Waals surface area (Å²) in [6.45, 7) is 6.95. The highest BCUT2D eigenvalue weighted by molar-refractivity contribution is 7.82. The number of allylic oxidation sites excluding steroid dienone is 2. The van der Waals surface area contributed by atoms with Crippen LogP contribution in [-0.2, 0) is 14.1 Å². The Morgan fingerprint density at radius 3 is 1.93 bits per heavy atom. The SMILES string of the molecule is COC(=O)C[C@H]1CC(P(=O)(c2ccccc2)c2ccccc2)=C[C@@H]1[Si](C)(C)C. The highest BCUT2D eigenvalue weighted by Gasteiger charge is 2.43. The zero-order valence-corrected chi connectivity index (χ0v) is 19.0. The second-order valence-corrected chi connectivity index (χ2v) is 16.8. The summed E-state index contributed by atoms with van der Waals surface area (Å²) in [4.78, 5) is 12.0. The van der Waals surface area contributed by atoms with Crippen molar-refractivity contribution in [2.45, 2.75) is 38.0 Å². The van der Waals surface area contributed by atoms with Gasteiger partial charge in [-0.15, -0.1) is 0 Å². The normalized spacial score (nSPS) is 19.9. The average Bonchev–Trinajstić information content (AvgIpc) is 3.13. The van der Waals surface area contributed by atoms with Gasteiger partial charge in [0, 0.05) is 17.0 Å². The molecule has 2 aromatic carbocycles. The van der Waals surface area contributed by atoms with Crippen molar-refractivity contribution in [2.24, 2.45) is 5.92 Å². The molecule has 0 saturated heterocycles. The number of methoxy groups -OCH3 is 1. The quantitative estimate of drug-likeness (QED) is 0.373. The summed E-state index contributed by atoms with van der Waals surface area (Å²) in [5, 5.41) is 2.72. The van der Waals surface area contributed by atoms with Crippen molar-refractivity contribution < 1.29 is 14.1 Å². The molecule has 0 amide bonds. The zero-order valence-electron chi connectivity index (χ0n) is 17.1. The standard InChI is InChI=1S/C23H29O3PSi/c1-26-23(24)16-18-15-21(17-22(18)28(2,3)4)27(25,19-11-7-5-8-12-19)20-13-9-6-10-14-20/h5-14,17-18,22H,15-16H2,1-4H3/t18-,22+/m1/s1. The Labute approximate surface area is 169 Å². The highest BCUT2D eigenvalue weighted by Crippen LogP contribution is 2.60. The molecule has 3 nitrogen and oxygen atoms in total. The van der Waals surface area contributed by atoms with Gasteiger partial charge in [-0.1, -0.05) is 86.4 Å². The van der Waals surface area contributed by atoms with E-state index < -0.39 is 15.2 Å². The summed E-state index contributed by atoms with van der Waals surface area (Å²) in [7, 11) is -3.09. The lowest BCUT2D eigenvalue weighted by molar-refractivity contribution is -0.141. The van der Waals surface area contributed by atoms with E-state index in [-0.39, 0.29) is 11.9 Å². The zero-order chi connectivity index (χ0) is 20.4. The Bertz CT molecular complexity index is 857. The van der Waals surface area contributed by atoms with Crippen LogP contribution in [0.1, 0.15) is 12.8 Å². The number of esters is 1. The monoisotopic (exact) mass is 412 g/mol. The maximum Gasteiger partial charge on any atom is 0.305 e. The van der Waals surface area contributed by atoms with E-state index in [1.807, 2.05) is 60.7 Å². The molecule has 2 aromatic rings. The third-order valence-corrected chi connectivity index (χ3v) is 11.5. The molecular weight excluding hydrogens is 383 g/mol. The van der Waals surface area contributed by atoms with E-state index in [0.717, 1.165) is 15.9 Å². The summed E-state index contributed by atoms with van der Waals surface area (Å²) < 4.78 is 19.6. The van der Waals surface area contributed by atoms with Crippen molar-refractivity contribution >= 4 is 31.8 Å². The van der Waals surface area contributed by atoms with Crippen LogP contribution >= 0.6 is 7.14 Å². The van der Waals surface area contributed by atoms with E-state index in [4.69, 9.17) is 4.74 Å². The van der Waals surface area contributed by atoms with Gasteiger partial charge in [-0.25, -0.2) is 0 Å². The largest absolute Gasteiger partial charge is 0.469 e. The van der Waals surface area contributed by atoms with Crippen molar-refractivity contribution in [3.63, 3.8) is 0 Å². The van der Waals surface area contributed by atoms with Crippen LogP contribution in [0.25, 0.3) is 0 Å². The van der Waals surface area contributed by atoms with Gasteiger partial charge < -0.3 is 9.30 Å². The first-order valence-corrected chi connectivity index (χ1v) is 15.0. The molecule has 0 heterocycles. The molecule has 28 heavy (non-hydrogen) atoms. The first-order valence-electron chi connectivity index (χ1n) is 9.76. The fourth-order valence-electron chi connectivity index (χ4n) is 4.25. The average molecular weight is 413 g/mol. The van der Waals surface area contributed by atoms with Crippen LogP contribution in [0.2, 0.25) is 25.2 Å². The predicted molar refractivity (Wildman–Crippen MR) is 120 cm³/mol. The summed E-state index contributed by atoms with van der Waals surface area (Å²) in [5.41, 5.74) is 0.308. The first-order chi connectivity index (χ1) is 13.3. The Morgan fingerprint density at radius 2 is 1.50 bits per heavy atom. The number of carbonyl (C=O) groups is 1. The van der Waals surface area contributed by atoms with E-state index in [2.05, 4.69) is 25.7 Å². The molecule has 5 heteroatoms. The molecule has 0 fully saturated rings. The van der Waals surface area contributed by atoms with Crippen molar-refractivity contribution in [1.82, 2.24) is 0 Å². The van der Waals surface area contributed by atoms with Crippen LogP contribution in [0.15, 0.2) is 72.1 Å². The van der Waals surface area contributed by atoms with Crippen molar-refractivity contribution in [2.75, 3.05) is 7.11 Å². The molecule has 1 aliphatic rings. The molecule has 2 atom stereocenters. The third kappa shape index (κ3) is 4.08. The van der Waals surface area contributed by atoms with Crippen LogP contribution in [0, 0.1) is 5.92 Å². The fourth-order valence-corrected chi connectivity index (χ4v) is 9.75. The lowest BCUT2D eigenvalue weighted by atomic mass is 10.0. The fraction of sp³-hybridized carbons (Fsp3) is 0.348. The number of hydrogen-bond donors (Lipinski definition) is 0. The van der Waals surface area contributed by atoms with E-state index >= 15 is 0 Å². The summed E-state index contributed by atoms with van der Waals surface area (Å²) in [6.07, 6.45) is 3.32. The number of carbonyl (C=O) groups excluding carboxylic acids is 1. The van der Waals surface area contributed by atoms with Gasteiger partial charge in [-0.3, -0.25) is 4.79 Å². The molecule has 0 saturated carbocycles. The van der Waals surface area contributed by atoms with Crippen molar-refractivity contribution in [3.8, 4) is 0 Å². The van der Waals surface area contributed by atoms with E-state index in [1.165, 1.54) is 7.11 Å². The van der Waals surface area contributed by atoms with Crippen LogP contribution < -0.4 is 10.6 Å². The van der Waals surface area contributed by atoms with E-state index in [1.54, 1.807) is 0 Å². The van der Waals surface area contributed by atoms with E-state index in [0.29, 0.717) is 18.4 Å². The molecule has 0 aromatic heterocycles. The molecular formula is C23H29O3PSi. The van der Waals surface area contributed by atoms with Gasteiger partial charge in [-0.05, 0) is 23.2 Å². The van der Waals surface area contributed by atoms with Gasteiger partial charge >= 0.3 is 5.97 Å². The number of ether oxygens (including phenoxy) is 1. The van der Waals surface area contributed by atoms with Gasteiger partial charge in [0.2, 0.25) is 0 Å². The molecule has 0 bridgehead atoms. The minimum absolute atomic E-state index is 0.162. The smallest absolute Gasteiger partial charge is 0.305 e. The minimum Gasteiger partial charge on any atom is -0.469 e.